The average molecular weight is 296 g/mol. The molecule has 0 atom stereocenters. The van der Waals surface area contributed by atoms with Crippen LogP contribution in [-0.4, -0.2) is 22.3 Å². The van der Waals surface area contributed by atoms with E-state index in [0.29, 0.717) is 29.7 Å². The van der Waals surface area contributed by atoms with Crippen LogP contribution in [0.4, 0.5) is 5.69 Å². The van der Waals surface area contributed by atoms with Crippen molar-refractivity contribution in [3.05, 3.63) is 54.4 Å². The van der Waals surface area contributed by atoms with E-state index >= 15 is 0 Å². The van der Waals surface area contributed by atoms with Gasteiger partial charge in [-0.05, 0) is 24.3 Å². The zero-order valence-corrected chi connectivity index (χ0v) is 12.1. The number of hydrogen-bond acceptors (Lipinski definition) is 5. The minimum Gasteiger partial charge on any atom is -0.497 e. The first kappa shape index (κ1) is 13.9. The van der Waals surface area contributed by atoms with E-state index in [1.165, 1.54) is 0 Å². The molecule has 0 saturated carbocycles. The molecule has 112 valence electrons. The van der Waals surface area contributed by atoms with Gasteiger partial charge in [-0.3, -0.25) is 5.10 Å². The van der Waals surface area contributed by atoms with Crippen molar-refractivity contribution < 1.29 is 9.47 Å². The van der Waals surface area contributed by atoms with Crippen LogP contribution >= 0.6 is 0 Å². The summed E-state index contributed by atoms with van der Waals surface area (Å²) in [5.74, 6) is 2.70. The van der Waals surface area contributed by atoms with Crippen molar-refractivity contribution in [1.82, 2.24) is 15.2 Å². The van der Waals surface area contributed by atoms with Crippen molar-refractivity contribution >= 4 is 5.69 Å². The molecule has 0 radical (unpaired) electrons. The normalized spacial score (nSPS) is 10.4. The lowest BCUT2D eigenvalue weighted by atomic mass is 10.2. The van der Waals surface area contributed by atoms with Crippen LogP contribution in [0.25, 0.3) is 11.4 Å². The molecule has 0 fully saturated rings. The maximum atomic E-state index is 5.71. The molecule has 1 heterocycles. The fourth-order valence-electron chi connectivity index (χ4n) is 2.01. The molecule has 3 rings (SSSR count). The Bertz CT molecular complexity index is 770. The Hall–Kier alpha value is -3.02. The zero-order valence-electron chi connectivity index (χ0n) is 12.1. The second-order valence-electron chi connectivity index (χ2n) is 4.70. The van der Waals surface area contributed by atoms with E-state index < -0.39 is 0 Å². The van der Waals surface area contributed by atoms with Crippen LogP contribution < -0.4 is 15.2 Å². The molecule has 2 aromatic carbocycles. The van der Waals surface area contributed by atoms with E-state index in [1.807, 2.05) is 42.5 Å². The van der Waals surface area contributed by atoms with E-state index in [4.69, 9.17) is 15.2 Å². The summed E-state index contributed by atoms with van der Waals surface area (Å²) in [6.07, 6.45) is 0. The van der Waals surface area contributed by atoms with E-state index in [2.05, 4.69) is 15.2 Å². The van der Waals surface area contributed by atoms with Crippen LogP contribution in [0.5, 0.6) is 11.5 Å². The van der Waals surface area contributed by atoms with Gasteiger partial charge in [0.2, 0.25) is 0 Å². The number of benzene rings is 2. The van der Waals surface area contributed by atoms with Gasteiger partial charge in [-0.1, -0.05) is 18.2 Å². The van der Waals surface area contributed by atoms with Gasteiger partial charge in [0.05, 0.1) is 7.11 Å². The number of aromatic nitrogens is 3. The lowest BCUT2D eigenvalue weighted by molar-refractivity contribution is 0.296. The van der Waals surface area contributed by atoms with Crippen LogP contribution in [0.1, 0.15) is 5.82 Å². The lowest BCUT2D eigenvalue weighted by Gasteiger charge is -2.04. The number of anilines is 1. The molecule has 0 bridgehead atoms. The highest BCUT2D eigenvalue weighted by Crippen LogP contribution is 2.21. The Morgan fingerprint density at radius 2 is 1.91 bits per heavy atom. The van der Waals surface area contributed by atoms with E-state index in [1.54, 1.807) is 13.2 Å². The topological polar surface area (TPSA) is 86.0 Å². The Kier molecular flexibility index (Phi) is 3.91. The van der Waals surface area contributed by atoms with Gasteiger partial charge < -0.3 is 15.2 Å². The second kappa shape index (κ2) is 6.17. The summed E-state index contributed by atoms with van der Waals surface area (Å²) >= 11 is 0. The average Bonchev–Trinajstić information content (AvgIpc) is 3.02. The van der Waals surface area contributed by atoms with Crippen LogP contribution in [0.3, 0.4) is 0 Å². The summed E-state index contributed by atoms with van der Waals surface area (Å²) in [4.78, 5) is 4.41. The first-order valence-corrected chi connectivity index (χ1v) is 6.78. The standard InChI is InChI=1S/C16H16N4O2/c1-21-13-6-2-4-11(8-13)16-18-15(19-20-16)10-22-14-7-3-5-12(17)9-14/h2-9H,10,17H2,1H3,(H,18,19,20). The summed E-state index contributed by atoms with van der Waals surface area (Å²) in [6.45, 7) is 0.292. The number of ether oxygens (including phenoxy) is 2. The van der Waals surface area contributed by atoms with E-state index in [9.17, 15) is 0 Å². The zero-order chi connectivity index (χ0) is 15.4. The molecule has 0 aliphatic carbocycles. The lowest BCUT2D eigenvalue weighted by Crippen LogP contribution is -1.98. The van der Waals surface area contributed by atoms with Crippen molar-refractivity contribution in [2.45, 2.75) is 6.61 Å². The van der Waals surface area contributed by atoms with Gasteiger partial charge in [0, 0.05) is 17.3 Å². The van der Waals surface area contributed by atoms with Crippen molar-refractivity contribution in [1.29, 1.82) is 0 Å². The molecule has 0 aliphatic heterocycles. The first-order valence-electron chi connectivity index (χ1n) is 6.78. The number of nitrogen functional groups attached to an aromatic ring is 1. The fraction of sp³-hybridized carbons (Fsp3) is 0.125. The second-order valence-corrected chi connectivity index (χ2v) is 4.70. The Morgan fingerprint density at radius 3 is 2.73 bits per heavy atom. The number of methoxy groups -OCH3 is 1. The quantitative estimate of drug-likeness (QED) is 0.707. The predicted molar refractivity (Wildman–Crippen MR) is 83.6 cm³/mol. The van der Waals surface area contributed by atoms with Crippen LogP contribution in [0.15, 0.2) is 48.5 Å². The van der Waals surface area contributed by atoms with Crippen LogP contribution in [0, 0.1) is 0 Å². The summed E-state index contributed by atoms with van der Waals surface area (Å²) in [7, 11) is 1.63. The highest BCUT2D eigenvalue weighted by Gasteiger charge is 2.07. The van der Waals surface area contributed by atoms with Gasteiger partial charge in [-0.15, -0.1) is 0 Å². The molecule has 3 N–H and O–H groups in total. The number of hydrogen-bond donors (Lipinski definition) is 2. The fourth-order valence-corrected chi connectivity index (χ4v) is 2.01. The number of nitrogens with one attached hydrogen (secondary N) is 1. The number of nitrogens with zero attached hydrogens (tertiary/aromatic N) is 2. The van der Waals surface area contributed by atoms with Crippen molar-refractivity contribution in [3.8, 4) is 22.9 Å². The Balaban J connectivity index is 1.71. The van der Waals surface area contributed by atoms with Crippen molar-refractivity contribution in [2.24, 2.45) is 0 Å². The van der Waals surface area contributed by atoms with Crippen LogP contribution in [0.2, 0.25) is 0 Å². The summed E-state index contributed by atoms with van der Waals surface area (Å²) in [5, 5.41) is 7.06. The number of rotatable bonds is 5. The van der Waals surface area contributed by atoms with Gasteiger partial charge >= 0.3 is 0 Å². The summed E-state index contributed by atoms with van der Waals surface area (Å²) in [5.41, 5.74) is 7.25. The highest BCUT2D eigenvalue weighted by atomic mass is 16.5. The first-order chi connectivity index (χ1) is 10.7. The molecule has 0 saturated heterocycles. The minimum atomic E-state index is 0.292. The Labute approximate surface area is 127 Å². The number of aromatic amines is 1. The third-order valence-electron chi connectivity index (χ3n) is 3.09. The third-order valence-corrected chi connectivity index (χ3v) is 3.09. The Morgan fingerprint density at radius 1 is 1.09 bits per heavy atom. The molecule has 6 nitrogen and oxygen atoms in total. The largest absolute Gasteiger partial charge is 0.497 e. The summed E-state index contributed by atoms with van der Waals surface area (Å²) in [6, 6.07) is 14.8. The molecule has 0 amide bonds. The maximum Gasteiger partial charge on any atom is 0.181 e. The number of nitrogens with two attached hydrogens (primary N) is 1. The smallest absolute Gasteiger partial charge is 0.181 e. The van der Waals surface area contributed by atoms with E-state index in [0.717, 1.165) is 11.3 Å². The third kappa shape index (κ3) is 3.17. The monoisotopic (exact) mass is 296 g/mol. The van der Waals surface area contributed by atoms with Crippen LogP contribution in [-0.2, 0) is 6.61 Å². The van der Waals surface area contributed by atoms with Gasteiger partial charge in [0.15, 0.2) is 11.6 Å². The van der Waals surface area contributed by atoms with Gasteiger partial charge in [-0.25, -0.2) is 4.98 Å². The molecule has 22 heavy (non-hydrogen) atoms. The molecule has 0 aliphatic rings. The molecular formula is C16H16N4O2. The molecule has 0 unspecified atom stereocenters. The maximum absolute atomic E-state index is 5.71. The predicted octanol–water partition coefficient (Wildman–Crippen LogP) is 2.64. The van der Waals surface area contributed by atoms with Gasteiger partial charge in [-0.2, -0.15) is 5.10 Å². The van der Waals surface area contributed by atoms with E-state index in [-0.39, 0.29) is 0 Å². The summed E-state index contributed by atoms with van der Waals surface area (Å²) < 4.78 is 10.8. The van der Waals surface area contributed by atoms with Gasteiger partial charge in [0.25, 0.3) is 0 Å². The van der Waals surface area contributed by atoms with Gasteiger partial charge in [0.1, 0.15) is 18.1 Å². The number of H-pyrrole nitrogens is 1. The molecule has 3 aromatic rings. The highest BCUT2D eigenvalue weighted by molar-refractivity contribution is 5.57. The minimum absolute atomic E-state index is 0.292. The van der Waals surface area contributed by atoms with Crippen molar-refractivity contribution in [3.63, 3.8) is 0 Å². The van der Waals surface area contributed by atoms with Crippen molar-refractivity contribution in [2.75, 3.05) is 12.8 Å². The molecular weight excluding hydrogens is 280 g/mol. The molecule has 0 spiro atoms. The molecule has 6 heteroatoms. The SMILES string of the molecule is COc1cccc(-c2n[nH]c(COc3cccc(N)c3)n2)c1. The molecule has 1 aromatic heterocycles.